The Balaban J connectivity index is 1.12. The lowest BCUT2D eigenvalue weighted by Crippen LogP contribution is -2.54. The van der Waals surface area contributed by atoms with Crippen molar-refractivity contribution in [3.63, 3.8) is 0 Å². The van der Waals surface area contributed by atoms with Gasteiger partial charge in [0.1, 0.15) is 17.9 Å². The first-order valence-electron chi connectivity index (χ1n) is 12.3. The molecule has 0 aromatic heterocycles. The molecule has 1 N–H and O–H groups in total. The number of benzene rings is 1. The molecule has 1 aromatic carbocycles. The predicted molar refractivity (Wildman–Crippen MR) is 119 cm³/mol. The number of carbonyl (C=O) groups excluding carboxylic acids is 3. The lowest BCUT2D eigenvalue weighted by atomic mass is 9.76. The number of nitrogens with zero attached hydrogens (tertiary/aromatic N) is 2. The van der Waals surface area contributed by atoms with Gasteiger partial charge in [0.15, 0.2) is 0 Å². The van der Waals surface area contributed by atoms with Gasteiger partial charge in [-0.2, -0.15) is 0 Å². The molecule has 4 heterocycles. The van der Waals surface area contributed by atoms with Crippen LogP contribution in [0.5, 0.6) is 5.75 Å². The highest BCUT2D eigenvalue weighted by atomic mass is 16.5. The molecule has 8 nitrogen and oxygen atoms in total. The van der Waals surface area contributed by atoms with E-state index in [1.54, 1.807) is 4.90 Å². The first kappa shape index (κ1) is 21.1. The molecule has 3 saturated heterocycles. The average Bonchev–Trinajstić information content (AvgIpc) is 3.37. The summed E-state index contributed by atoms with van der Waals surface area (Å²) in [5.74, 6) is -0.00183. The minimum absolute atomic E-state index is 0.146. The van der Waals surface area contributed by atoms with E-state index in [-0.39, 0.29) is 30.2 Å². The number of carbonyl (C=O) groups is 3. The van der Waals surface area contributed by atoms with Gasteiger partial charge in [0, 0.05) is 30.0 Å². The Morgan fingerprint density at radius 1 is 1.06 bits per heavy atom. The molecule has 4 aliphatic heterocycles. The van der Waals surface area contributed by atoms with Crippen LogP contribution in [0, 0.1) is 5.41 Å². The van der Waals surface area contributed by atoms with Gasteiger partial charge in [0.2, 0.25) is 11.8 Å². The van der Waals surface area contributed by atoms with Crippen LogP contribution in [0.3, 0.4) is 0 Å². The maximum Gasteiger partial charge on any atom is 0.255 e. The molecular weight excluding hydrogens is 422 g/mol. The smallest absolute Gasteiger partial charge is 0.255 e. The van der Waals surface area contributed by atoms with Crippen LogP contribution in [0.1, 0.15) is 60.9 Å². The number of hydrogen-bond acceptors (Lipinski definition) is 6. The number of imide groups is 1. The number of hydrogen-bond donors (Lipinski definition) is 1. The van der Waals surface area contributed by atoms with E-state index in [1.165, 1.54) is 25.7 Å². The van der Waals surface area contributed by atoms with E-state index >= 15 is 0 Å². The number of ether oxygens (including phenoxy) is 2. The number of rotatable bonds is 4. The SMILES string of the molecule is O=C1CCC(N2Cc3cc(O[C@@H]4CCC[C@@H]4N4CCC5(CC4)COC5)ccc3C2=O)C(=O)N1. The van der Waals surface area contributed by atoms with Crippen molar-refractivity contribution in [3.05, 3.63) is 29.3 Å². The van der Waals surface area contributed by atoms with Crippen LogP contribution in [-0.2, 0) is 20.9 Å². The van der Waals surface area contributed by atoms with Crippen LogP contribution in [0.15, 0.2) is 18.2 Å². The summed E-state index contributed by atoms with van der Waals surface area (Å²) in [6, 6.07) is 5.53. The number of piperidine rings is 2. The van der Waals surface area contributed by atoms with Crippen LogP contribution in [0.4, 0.5) is 0 Å². The fourth-order valence-corrected chi connectivity index (χ4v) is 6.27. The van der Waals surface area contributed by atoms with Crippen molar-refractivity contribution >= 4 is 17.7 Å². The van der Waals surface area contributed by atoms with E-state index in [2.05, 4.69) is 10.2 Å². The van der Waals surface area contributed by atoms with Gasteiger partial charge in [0.05, 0.1) is 13.2 Å². The summed E-state index contributed by atoms with van der Waals surface area (Å²) in [6.07, 6.45) is 6.62. The zero-order valence-electron chi connectivity index (χ0n) is 18.9. The third-order valence-electron chi connectivity index (χ3n) is 8.34. The van der Waals surface area contributed by atoms with Gasteiger partial charge in [0.25, 0.3) is 5.91 Å². The number of fused-ring (bicyclic) bond motifs is 1. The standard InChI is InChI=1S/C25H31N3O5/c29-22-7-6-20(23(30)26-22)28-13-16-12-17(4-5-18(16)24(28)31)33-21-3-1-2-19(21)27-10-8-25(9-11-27)14-32-15-25/h4-5,12,19-21H,1-3,6-11,13-15H2,(H,26,29,30)/t19-,20?,21+/m0/s1. The molecule has 6 rings (SSSR count). The summed E-state index contributed by atoms with van der Waals surface area (Å²) in [7, 11) is 0. The highest BCUT2D eigenvalue weighted by molar-refractivity contribution is 6.05. The van der Waals surface area contributed by atoms with Crippen molar-refractivity contribution in [2.24, 2.45) is 5.41 Å². The van der Waals surface area contributed by atoms with Crippen molar-refractivity contribution in [3.8, 4) is 5.75 Å². The summed E-state index contributed by atoms with van der Waals surface area (Å²) >= 11 is 0. The first-order chi connectivity index (χ1) is 16.0. The van der Waals surface area contributed by atoms with Crippen LogP contribution < -0.4 is 10.1 Å². The molecule has 5 aliphatic rings. The average molecular weight is 454 g/mol. The Hall–Kier alpha value is -2.45. The van der Waals surface area contributed by atoms with Crippen molar-refractivity contribution in [1.82, 2.24) is 15.1 Å². The maximum atomic E-state index is 12.9. The molecule has 1 spiro atoms. The van der Waals surface area contributed by atoms with Gasteiger partial charge in [-0.3, -0.25) is 24.6 Å². The number of nitrogens with one attached hydrogen (secondary N) is 1. The summed E-state index contributed by atoms with van der Waals surface area (Å²) < 4.78 is 12.0. The van der Waals surface area contributed by atoms with Gasteiger partial charge in [-0.1, -0.05) is 0 Å². The second-order valence-electron chi connectivity index (χ2n) is 10.4. The lowest BCUT2D eigenvalue weighted by molar-refractivity contribution is -0.144. The highest BCUT2D eigenvalue weighted by Gasteiger charge is 2.44. The summed E-state index contributed by atoms with van der Waals surface area (Å²) in [6.45, 7) is 4.47. The van der Waals surface area contributed by atoms with Gasteiger partial charge in [-0.25, -0.2) is 0 Å². The molecule has 176 valence electrons. The molecule has 33 heavy (non-hydrogen) atoms. The van der Waals surface area contributed by atoms with Crippen LogP contribution in [0.25, 0.3) is 0 Å². The van der Waals surface area contributed by atoms with Crippen LogP contribution in [0.2, 0.25) is 0 Å². The summed E-state index contributed by atoms with van der Waals surface area (Å²) in [4.78, 5) is 40.9. The Morgan fingerprint density at radius 2 is 1.88 bits per heavy atom. The normalized spacial score (nSPS) is 31.5. The Kier molecular flexibility index (Phi) is 5.18. The quantitative estimate of drug-likeness (QED) is 0.701. The molecule has 3 atom stereocenters. The number of likely N-dealkylation sites (tertiary alicyclic amines) is 1. The second-order valence-corrected chi connectivity index (χ2v) is 10.4. The molecule has 8 heteroatoms. The van der Waals surface area contributed by atoms with E-state index in [0.717, 1.165) is 44.0 Å². The van der Waals surface area contributed by atoms with Crippen LogP contribution in [-0.4, -0.2) is 72.0 Å². The third kappa shape index (κ3) is 3.73. The lowest BCUT2D eigenvalue weighted by Gasteiger charge is -2.49. The van der Waals surface area contributed by atoms with Crippen LogP contribution >= 0.6 is 0 Å². The molecule has 0 radical (unpaired) electrons. The zero-order valence-corrected chi connectivity index (χ0v) is 18.9. The molecule has 1 aliphatic carbocycles. The van der Waals surface area contributed by atoms with Crippen molar-refractivity contribution in [2.45, 2.75) is 69.7 Å². The highest BCUT2D eigenvalue weighted by Crippen LogP contribution is 2.41. The largest absolute Gasteiger partial charge is 0.489 e. The zero-order chi connectivity index (χ0) is 22.6. The van der Waals surface area contributed by atoms with Gasteiger partial charge >= 0.3 is 0 Å². The topological polar surface area (TPSA) is 88.2 Å². The Bertz CT molecular complexity index is 980. The minimum atomic E-state index is -0.588. The molecule has 3 amide bonds. The molecular formula is C25H31N3O5. The van der Waals surface area contributed by atoms with Gasteiger partial charge in [-0.05, 0) is 75.4 Å². The van der Waals surface area contributed by atoms with E-state index in [1.807, 2.05) is 18.2 Å². The maximum absolute atomic E-state index is 12.9. The fourth-order valence-electron chi connectivity index (χ4n) is 6.27. The van der Waals surface area contributed by atoms with E-state index in [0.29, 0.717) is 30.0 Å². The van der Waals surface area contributed by atoms with Crippen molar-refractivity contribution < 1.29 is 23.9 Å². The molecule has 1 saturated carbocycles. The summed E-state index contributed by atoms with van der Waals surface area (Å²) in [5.41, 5.74) is 1.95. The van der Waals surface area contributed by atoms with E-state index in [4.69, 9.17) is 9.47 Å². The van der Waals surface area contributed by atoms with E-state index in [9.17, 15) is 14.4 Å². The third-order valence-corrected chi connectivity index (χ3v) is 8.34. The Morgan fingerprint density at radius 3 is 2.61 bits per heavy atom. The molecule has 0 bridgehead atoms. The Labute approximate surface area is 193 Å². The molecule has 1 unspecified atom stereocenters. The fraction of sp³-hybridized carbons (Fsp3) is 0.640. The molecule has 4 fully saturated rings. The van der Waals surface area contributed by atoms with E-state index < -0.39 is 6.04 Å². The monoisotopic (exact) mass is 453 g/mol. The first-order valence-corrected chi connectivity index (χ1v) is 12.3. The number of amides is 3. The predicted octanol–water partition coefficient (Wildman–Crippen LogP) is 1.86. The van der Waals surface area contributed by atoms with Crippen molar-refractivity contribution in [2.75, 3.05) is 26.3 Å². The van der Waals surface area contributed by atoms with Crippen molar-refractivity contribution in [1.29, 1.82) is 0 Å². The van der Waals surface area contributed by atoms with Gasteiger partial charge in [-0.15, -0.1) is 0 Å². The molecule has 1 aromatic rings. The van der Waals surface area contributed by atoms with Gasteiger partial charge < -0.3 is 14.4 Å². The summed E-state index contributed by atoms with van der Waals surface area (Å²) in [5, 5.41) is 2.35. The second kappa shape index (κ2) is 8.09. The minimum Gasteiger partial charge on any atom is -0.489 e.